The van der Waals surface area contributed by atoms with Gasteiger partial charge in [-0.3, -0.25) is 0 Å². The van der Waals surface area contributed by atoms with Crippen LogP contribution in [0.2, 0.25) is 0 Å². The molecule has 0 saturated heterocycles. The van der Waals surface area contributed by atoms with Gasteiger partial charge in [0.15, 0.2) is 5.96 Å². The van der Waals surface area contributed by atoms with E-state index in [0.29, 0.717) is 6.54 Å². The predicted molar refractivity (Wildman–Crippen MR) is 123 cm³/mol. The van der Waals surface area contributed by atoms with E-state index in [1.54, 1.807) is 11.3 Å². The van der Waals surface area contributed by atoms with Crippen LogP contribution in [-0.4, -0.2) is 36.5 Å². The normalized spacial score (nSPS) is 11.2. The van der Waals surface area contributed by atoms with Crippen molar-refractivity contribution in [3.63, 3.8) is 0 Å². The number of nitrogens with zero attached hydrogens (tertiary/aromatic N) is 3. The molecule has 4 nitrogen and oxygen atoms in total. The molecule has 0 bridgehead atoms. The lowest BCUT2D eigenvalue weighted by Gasteiger charge is -2.17. The molecule has 1 aromatic heterocycles. The molecule has 0 aliphatic rings. The maximum Gasteiger partial charge on any atom is 0.193 e. The molecule has 0 atom stereocenters. The lowest BCUT2D eigenvalue weighted by molar-refractivity contribution is 0.574. The second kappa shape index (κ2) is 10.5. The SMILES string of the molecule is CN(C)C(=NCc1ccccc1)NCCCc1nc2ccccc2s1.I. The molecule has 0 spiro atoms. The monoisotopic (exact) mass is 480 g/mol. The Morgan fingerprint density at radius 2 is 1.81 bits per heavy atom. The molecule has 0 amide bonds. The molecule has 2 aromatic carbocycles. The van der Waals surface area contributed by atoms with E-state index in [4.69, 9.17) is 9.98 Å². The van der Waals surface area contributed by atoms with E-state index in [0.717, 1.165) is 30.9 Å². The molecule has 26 heavy (non-hydrogen) atoms. The first-order valence-corrected chi connectivity index (χ1v) is 9.38. The van der Waals surface area contributed by atoms with Crippen molar-refractivity contribution in [1.29, 1.82) is 0 Å². The molecule has 1 N–H and O–H groups in total. The second-order valence-corrected chi connectivity index (χ2v) is 7.24. The predicted octanol–water partition coefficient (Wildman–Crippen LogP) is 4.55. The van der Waals surface area contributed by atoms with Gasteiger partial charge in [-0.2, -0.15) is 0 Å². The number of aliphatic imine (C=N–C) groups is 1. The van der Waals surface area contributed by atoms with Crippen LogP contribution < -0.4 is 5.32 Å². The van der Waals surface area contributed by atoms with Gasteiger partial charge in [0.25, 0.3) is 0 Å². The van der Waals surface area contributed by atoms with E-state index in [1.165, 1.54) is 15.3 Å². The Hall–Kier alpha value is -1.67. The third-order valence-electron chi connectivity index (χ3n) is 3.87. The first kappa shape index (κ1) is 20.6. The number of para-hydroxylation sites is 1. The number of thiazole rings is 1. The van der Waals surface area contributed by atoms with E-state index < -0.39 is 0 Å². The van der Waals surface area contributed by atoms with Crippen molar-refractivity contribution in [2.24, 2.45) is 4.99 Å². The molecule has 0 radical (unpaired) electrons. The number of nitrogens with one attached hydrogen (secondary N) is 1. The van der Waals surface area contributed by atoms with E-state index in [9.17, 15) is 0 Å². The van der Waals surface area contributed by atoms with Crippen LogP contribution in [0.15, 0.2) is 59.6 Å². The highest BCUT2D eigenvalue weighted by atomic mass is 127. The van der Waals surface area contributed by atoms with Crippen molar-refractivity contribution >= 4 is 51.5 Å². The Balaban J connectivity index is 0.00000243. The van der Waals surface area contributed by atoms with Crippen molar-refractivity contribution in [1.82, 2.24) is 15.2 Å². The van der Waals surface area contributed by atoms with Crippen LogP contribution in [-0.2, 0) is 13.0 Å². The summed E-state index contributed by atoms with van der Waals surface area (Å²) in [5.41, 5.74) is 2.33. The van der Waals surface area contributed by atoms with Gasteiger partial charge in [-0.05, 0) is 24.1 Å². The molecule has 3 rings (SSSR count). The third-order valence-corrected chi connectivity index (χ3v) is 4.96. The fourth-order valence-corrected chi connectivity index (χ4v) is 3.58. The van der Waals surface area contributed by atoms with Gasteiger partial charge in [0.2, 0.25) is 0 Å². The summed E-state index contributed by atoms with van der Waals surface area (Å²) < 4.78 is 1.27. The third kappa shape index (κ3) is 5.95. The minimum absolute atomic E-state index is 0. The van der Waals surface area contributed by atoms with Crippen molar-refractivity contribution in [2.45, 2.75) is 19.4 Å². The minimum atomic E-state index is 0. The molecule has 3 aromatic rings. The first-order valence-electron chi connectivity index (χ1n) is 8.56. The smallest absolute Gasteiger partial charge is 0.193 e. The number of guanidine groups is 1. The Morgan fingerprint density at radius 1 is 1.08 bits per heavy atom. The van der Waals surface area contributed by atoms with Gasteiger partial charge in [-0.1, -0.05) is 42.5 Å². The first-order chi connectivity index (χ1) is 12.2. The highest BCUT2D eigenvalue weighted by molar-refractivity contribution is 14.0. The average molecular weight is 480 g/mol. The van der Waals surface area contributed by atoms with E-state index in [-0.39, 0.29) is 24.0 Å². The second-order valence-electron chi connectivity index (χ2n) is 6.13. The molecular weight excluding hydrogens is 455 g/mol. The number of rotatable bonds is 6. The van der Waals surface area contributed by atoms with Crippen molar-refractivity contribution < 1.29 is 0 Å². The fourth-order valence-electron chi connectivity index (χ4n) is 2.57. The summed E-state index contributed by atoms with van der Waals surface area (Å²) in [5, 5.41) is 4.65. The summed E-state index contributed by atoms with van der Waals surface area (Å²) in [4.78, 5) is 11.4. The van der Waals surface area contributed by atoms with Gasteiger partial charge in [0.1, 0.15) is 0 Å². The summed E-state index contributed by atoms with van der Waals surface area (Å²) in [7, 11) is 4.04. The summed E-state index contributed by atoms with van der Waals surface area (Å²) in [6.07, 6.45) is 2.03. The average Bonchev–Trinajstić information content (AvgIpc) is 3.04. The van der Waals surface area contributed by atoms with Crippen molar-refractivity contribution in [3.8, 4) is 0 Å². The Bertz CT molecular complexity index is 797. The van der Waals surface area contributed by atoms with E-state index >= 15 is 0 Å². The van der Waals surface area contributed by atoms with Gasteiger partial charge in [0.05, 0.1) is 21.8 Å². The van der Waals surface area contributed by atoms with E-state index in [2.05, 4.69) is 35.6 Å². The zero-order valence-corrected chi connectivity index (χ0v) is 18.3. The number of fused-ring (bicyclic) bond motifs is 1. The lowest BCUT2D eigenvalue weighted by Crippen LogP contribution is -2.37. The highest BCUT2D eigenvalue weighted by Crippen LogP contribution is 2.22. The van der Waals surface area contributed by atoms with Crippen LogP contribution in [0, 0.1) is 0 Å². The number of hydrogen-bond donors (Lipinski definition) is 1. The molecule has 0 fully saturated rings. The molecule has 0 unspecified atom stereocenters. The standard InChI is InChI=1S/C20H24N4S.HI/c1-24(2)20(22-15-16-9-4-3-5-10-16)21-14-8-13-19-23-17-11-6-7-12-18(17)25-19;/h3-7,9-12H,8,13-15H2,1-2H3,(H,21,22);1H. The van der Waals surface area contributed by atoms with Gasteiger partial charge in [-0.25, -0.2) is 9.98 Å². The lowest BCUT2D eigenvalue weighted by atomic mass is 10.2. The highest BCUT2D eigenvalue weighted by Gasteiger charge is 2.04. The van der Waals surface area contributed by atoms with Gasteiger partial charge in [0, 0.05) is 27.1 Å². The molecule has 0 aliphatic heterocycles. The summed E-state index contributed by atoms with van der Waals surface area (Å²) in [6, 6.07) is 18.6. The van der Waals surface area contributed by atoms with E-state index in [1.807, 2.05) is 43.3 Å². The zero-order valence-electron chi connectivity index (χ0n) is 15.2. The maximum atomic E-state index is 4.69. The molecular formula is C20H25IN4S. The summed E-state index contributed by atoms with van der Waals surface area (Å²) in [5.74, 6) is 0.924. The van der Waals surface area contributed by atoms with Crippen LogP contribution in [0.3, 0.4) is 0 Å². The Kier molecular flexibility index (Phi) is 8.31. The number of aromatic nitrogens is 1. The van der Waals surface area contributed by atoms with Crippen LogP contribution in [0.1, 0.15) is 17.0 Å². The van der Waals surface area contributed by atoms with Crippen LogP contribution in [0.25, 0.3) is 10.2 Å². The summed E-state index contributed by atoms with van der Waals surface area (Å²) >= 11 is 1.79. The molecule has 6 heteroatoms. The number of halogens is 1. The molecule has 0 aliphatic carbocycles. The quantitative estimate of drug-likeness (QED) is 0.244. The van der Waals surface area contributed by atoms with Crippen molar-refractivity contribution in [3.05, 3.63) is 65.2 Å². The van der Waals surface area contributed by atoms with Gasteiger partial charge >= 0.3 is 0 Å². The number of aryl methyl sites for hydroxylation is 1. The largest absolute Gasteiger partial charge is 0.356 e. The van der Waals surface area contributed by atoms with Crippen LogP contribution >= 0.6 is 35.3 Å². The minimum Gasteiger partial charge on any atom is -0.356 e. The van der Waals surface area contributed by atoms with Crippen LogP contribution in [0.4, 0.5) is 0 Å². The number of benzene rings is 2. The Morgan fingerprint density at radius 3 is 2.54 bits per heavy atom. The fraction of sp³-hybridized carbons (Fsp3) is 0.300. The molecule has 138 valence electrons. The van der Waals surface area contributed by atoms with Gasteiger partial charge < -0.3 is 10.2 Å². The van der Waals surface area contributed by atoms with Crippen molar-refractivity contribution in [2.75, 3.05) is 20.6 Å². The van der Waals surface area contributed by atoms with Gasteiger partial charge in [-0.15, -0.1) is 35.3 Å². The van der Waals surface area contributed by atoms with Crippen LogP contribution in [0.5, 0.6) is 0 Å². The molecule has 1 heterocycles. The molecule has 0 saturated carbocycles. The topological polar surface area (TPSA) is 40.5 Å². The zero-order chi connectivity index (χ0) is 17.5. The number of hydrogen-bond acceptors (Lipinski definition) is 3. The Labute approximate surface area is 176 Å². The maximum absolute atomic E-state index is 4.69. The summed E-state index contributed by atoms with van der Waals surface area (Å²) in [6.45, 7) is 1.58.